The van der Waals surface area contributed by atoms with Crippen LogP contribution >= 0.6 is 0 Å². The summed E-state index contributed by atoms with van der Waals surface area (Å²) in [5.41, 5.74) is 1.16. The molecule has 6 nitrogen and oxygen atoms in total. The first-order valence-corrected chi connectivity index (χ1v) is 14.8. The lowest BCUT2D eigenvalue weighted by molar-refractivity contribution is -0.125. The molecule has 0 saturated carbocycles. The second-order valence-electron chi connectivity index (χ2n) is 11.2. The van der Waals surface area contributed by atoms with E-state index < -0.39 is 5.41 Å². The summed E-state index contributed by atoms with van der Waals surface area (Å²) in [6, 6.07) is 24.4. The number of hydrogen-bond acceptors (Lipinski definition) is 4. The molecule has 40 heavy (non-hydrogen) atoms. The van der Waals surface area contributed by atoms with E-state index in [1.165, 1.54) is 0 Å². The Bertz CT molecular complexity index is 1440. The van der Waals surface area contributed by atoms with E-state index >= 15 is 0 Å². The maximum absolute atomic E-state index is 14.0. The van der Waals surface area contributed by atoms with Crippen LogP contribution in [0.5, 0.6) is 17.4 Å². The normalized spacial score (nSPS) is 16.7. The van der Waals surface area contributed by atoms with Crippen LogP contribution in [0.2, 0.25) is 0 Å². The first-order chi connectivity index (χ1) is 19.6. The summed E-state index contributed by atoms with van der Waals surface area (Å²) in [6.45, 7) is 5.79. The number of para-hydroxylation sites is 2. The van der Waals surface area contributed by atoms with E-state index in [1.54, 1.807) is 0 Å². The highest BCUT2D eigenvalue weighted by atomic mass is 16.5. The Hall–Kier alpha value is -3.77. The maximum atomic E-state index is 14.0. The number of nitrogens with zero attached hydrogens (tertiary/aromatic N) is 2. The van der Waals surface area contributed by atoms with Crippen LogP contribution in [0.1, 0.15) is 62.6 Å². The van der Waals surface area contributed by atoms with Crippen LogP contribution < -0.4 is 10.1 Å². The molecule has 1 aromatic heterocycles. The lowest BCUT2D eigenvalue weighted by atomic mass is 9.68. The van der Waals surface area contributed by atoms with Crippen molar-refractivity contribution in [1.82, 2.24) is 14.8 Å². The number of aromatic hydroxyl groups is 1. The predicted molar refractivity (Wildman–Crippen MR) is 159 cm³/mol. The molecule has 2 aliphatic rings. The zero-order valence-corrected chi connectivity index (χ0v) is 23.3. The van der Waals surface area contributed by atoms with Crippen molar-refractivity contribution in [3.8, 4) is 17.4 Å². The number of hydrogen-bond donors (Lipinski definition) is 2. The number of carbonyl (C=O) groups excluding carboxylic acids is 1. The van der Waals surface area contributed by atoms with Gasteiger partial charge in [0.15, 0.2) is 5.88 Å². The third-order valence-electron chi connectivity index (χ3n) is 8.79. The third kappa shape index (κ3) is 4.75. The van der Waals surface area contributed by atoms with Gasteiger partial charge in [-0.25, -0.2) is 0 Å². The largest absolute Gasteiger partial charge is 0.494 e. The molecule has 208 valence electrons. The molecule has 3 aromatic carbocycles. The molecular formula is C34H39N3O3. The van der Waals surface area contributed by atoms with Gasteiger partial charge in [-0.3, -0.25) is 4.79 Å². The number of piperidine rings is 1. The van der Waals surface area contributed by atoms with Crippen molar-refractivity contribution >= 4 is 16.7 Å². The second-order valence-corrected chi connectivity index (χ2v) is 11.2. The minimum atomic E-state index is -0.762. The van der Waals surface area contributed by atoms with E-state index in [0.29, 0.717) is 18.5 Å². The highest BCUT2D eigenvalue weighted by Gasteiger charge is 2.47. The van der Waals surface area contributed by atoms with E-state index in [9.17, 15) is 9.90 Å². The van der Waals surface area contributed by atoms with Gasteiger partial charge in [0.1, 0.15) is 16.9 Å². The molecule has 2 aliphatic heterocycles. The fourth-order valence-corrected chi connectivity index (χ4v) is 6.69. The Morgan fingerprint density at radius 1 is 0.950 bits per heavy atom. The number of likely N-dealkylation sites (tertiary alicyclic amines) is 1. The molecule has 0 aliphatic carbocycles. The van der Waals surface area contributed by atoms with Gasteiger partial charge in [-0.05, 0) is 56.8 Å². The molecular weight excluding hydrogens is 498 g/mol. The summed E-state index contributed by atoms with van der Waals surface area (Å²) in [7, 11) is 0. The molecule has 0 radical (unpaired) electrons. The smallest absolute Gasteiger partial charge is 0.235 e. The SMILES string of the molecule is CCCNC(=O)C1(CCCCN2CCC(n3cc4ccccc4c3O)CC2)c2ccccc2Oc2ccccc21. The van der Waals surface area contributed by atoms with Crippen molar-refractivity contribution in [3.05, 3.63) is 90.1 Å². The fraction of sp³-hybridized carbons (Fsp3) is 0.382. The van der Waals surface area contributed by atoms with Gasteiger partial charge in [-0.2, -0.15) is 0 Å². The fourth-order valence-electron chi connectivity index (χ4n) is 6.69. The summed E-state index contributed by atoms with van der Waals surface area (Å²) in [5, 5.41) is 16.0. The number of unbranched alkanes of at least 4 members (excludes halogenated alkanes) is 1. The number of amides is 1. The molecule has 6 rings (SSSR count). The molecule has 0 spiro atoms. The average molecular weight is 538 g/mol. The summed E-state index contributed by atoms with van der Waals surface area (Å²) in [6.07, 6.45) is 7.74. The molecule has 1 amide bonds. The molecule has 2 N–H and O–H groups in total. The van der Waals surface area contributed by atoms with Gasteiger partial charge in [0.05, 0.1) is 0 Å². The predicted octanol–water partition coefficient (Wildman–Crippen LogP) is 6.77. The number of aromatic nitrogens is 1. The second kappa shape index (κ2) is 11.4. The third-order valence-corrected chi connectivity index (χ3v) is 8.79. The van der Waals surface area contributed by atoms with Crippen molar-refractivity contribution in [3.63, 3.8) is 0 Å². The summed E-state index contributed by atoms with van der Waals surface area (Å²) < 4.78 is 8.33. The van der Waals surface area contributed by atoms with Gasteiger partial charge in [-0.1, -0.05) is 67.9 Å². The van der Waals surface area contributed by atoms with E-state index in [4.69, 9.17) is 4.74 Å². The zero-order valence-electron chi connectivity index (χ0n) is 23.3. The first-order valence-electron chi connectivity index (χ1n) is 14.8. The van der Waals surface area contributed by atoms with Crippen molar-refractivity contribution in [2.75, 3.05) is 26.2 Å². The topological polar surface area (TPSA) is 66.7 Å². The molecule has 0 bridgehead atoms. The Morgan fingerprint density at radius 3 is 2.27 bits per heavy atom. The minimum absolute atomic E-state index is 0.0669. The van der Waals surface area contributed by atoms with Gasteiger partial charge >= 0.3 is 0 Å². The van der Waals surface area contributed by atoms with Crippen LogP contribution in [-0.4, -0.2) is 46.7 Å². The van der Waals surface area contributed by atoms with Gasteiger partial charge in [0, 0.05) is 53.8 Å². The monoisotopic (exact) mass is 537 g/mol. The van der Waals surface area contributed by atoms with Crippen LogP contribution in [0.4, 0.5) is 0 Å². The van der Waals surface area contributed by atoms with Crippen molar-refractivity contribution < 1.29 is 14.6 Å². The molecule has 6 heteroatoms. The van der Waals surface area contributed by atoms with E-state index in [1.807, 2.05) is 54.6 Å². The lowest BCUT2D eigenvalue weighted by Gasteiger charge is -2.39. The molecule has 0 unspecified atom stereocenters. The number of ether oxygens (including phenoxy) is 1. The molecule has 0 atom stereocenters. The average Bonchev–Trinajstić information content (AvgIpc) is 3.34. The Kier molecular flexibility index (Phi) is 7.53. The van der Waals surface area contributed by atoms with Crippen LogP contribution in [-0.2, 0) is 10.2 Å². The van der Waals surface area contributed by atoms with Gasteiger partial charge < -0.3 is 24.6 Å². The van der Waals surface area contributed by atoms with E-state index in [-0.39, 0.29) is 5.91 Å². The first kappa shape index (κ1) is 26.5. The quantitative estimate of drug-likeness (QED) is 0.231. The summed E-state index contributed by atoms with van der Waals surface area (Å²) in [4.78, 5) is 16.5. The van der Waals surface area contributed by atoms with Crippen molar-refractivity contribution in [2.24, 2.45) is 0 Å². The Labute approximate surface area is 236 Å². The summed E-state index contributed by atoms with van der Waals surface area (Å²) >= 11 is 0. The van der Waals surface area contributed by atoms with E-state index in [2.05, 4.69) is 46.1 Å². The van der Waals surface area contributed by atoms with E-state index in [0.717, 1.165) is 91.6 Å². The van der Waals surface area contributed by atoms with Crippen LogP contribution in [0.15, 0.2) is 79.0 Å². The van der Waals surface area contributed by atoms with Crippen LogP contribution in [0.25, 0.3) is 10.8 Å². The summed E-state index contributed by atoms with van der Waals surface area (Å²) in [5.74, 6) is 2.00. The van der Waals surface area contributed by atoms with Gasteiger partial charge in [0.25, 0.3) is 0 Å². The van der Waals surface area contributed by atoms with Crippen molar-refractivity contribution in [1.29, 1.82) is 0 Å². The Balaban J connectivity index is 1.13. The van der Waals surface area contributed by atoms with Crippen LogP contribution in [0, 0.1) is 0 Å². The Morgan fingerprint density at radius 2 is 1.60 bits per heavy atom. The number of fused-ring (bicyclic) bond motifs is 3. The number of nitrogens with one attached hydrogen (secondary N) is 1. The molecule has 4 aromatic rings. The highest BCUT2D eigenvalue weighted by Crippen LogP contribution is 2.50. The standard InChI is InChI=1S/C34H39N3O3/c1-2-20-35-33(39)34(28-13-5-7-15-30(28)40-31-16-8-6-14-29(31)34)19-9-10-21-36-22-17-26(18-23-36)37-24-25-11-3-4-12-27(25)32(37)38/h3-8,11-16,24,26,38H,2,9-10,17-23H2,1H3,(H,35,39). The van der Waals surface area contributed by atoms with Gasteiger partial charge in [-0.15, -0.1) is 0 Å². The lowest BCUT2D eigenvalue weighted by Crippen LogP contribution is -2.47. The number of carbonyl (C=O) groups is 1. The molecule has 1 saturated heterocycles. The highest BCUT2D eigenvalue weighted by molar-refractivity contribution is 5.94. The zero-order chi connectivity index (χ0) is 27.5. The molecule has 3 heterocycles. The number of benzene rings is 3. The van der Waals surface area contributed by atoms with Crippen molar-refractivity contribution in [2.45, 2.75) is 56.9 Å². The van der Waals surface area contributed by atoms with Gasteiger partial charge in [0.2, 0.25) is 5.91 Å². The maximum Gasteiger partial charge on any atom is 0.235 e. The number of rotatable bonds is 9. The minimum Gasteiger partial charge on any atom is -0.494 e. The van der Waals surface area contributed by atoms with Crippen LogP contribution in [0.3, 0.4) is 0 Å². The molecule has 1 fully saturated rings.